The first-order valence-electron chi connectivity index (χ1n) is 4.37. The Morgan fingerprint density at radius 2 is 2.47 bits per heavy atom. The highest BCUT2D eigenvalue weighted by molar-refractivity contribution is 5.39. The van der Waals surface area contributed by atoms with Crippen LogP contribution >= 0.6 is 0 Å². The number of hydrogen-bond donors (Lipinski definition) is 3. The Kier molecular flexibility index (Phi) is 2.70. The summed E-state index contributed by atoms with van der Waals surface area (Å²) in [6.45, 7) is -0.0266. The maximum absolute atomic E-state index is 8.69. The molecule has 0 aliphatic carbocycles. The standard InChI is InChI=1S/C7H10N6O2/c8-4(1-2-14)7-11-6(13-15-7)5-9-3-10-12-5/h3-4,14H,1-2,8H2,(H,9,10,12). The molecule has 1 unspecified atom stereocenters. The summed E-state index contributed by atoms with van der Waals surface area (Å²) in [5.41, 5.74) is 5.67. The molecule has 0 aliphatic heterocycles. The van der Waals surface area contributed by atoms with E-state index in [2.05, 4.69) is 25.3 Å². The van der Waals surface area contributed by atoms with Gasteiger partial charge in [-0.1, -0.05) is 5.16 Å². The predicted octanol–water partition coefficient (Wildman–Crippen LogP) is -0.763. The van der Waals surface area contributed by atoms with E-state index in [-0.39, 0.29) is 12.5 Å². The zero-order valence-corrected chi connectivity index (χ0v) is 7.79. The van der Waals surface area contributed by atoms with Gasteiger partial charge in [-0.15, -0.1) is 0 Å². The van der Waals surface area contributed by atoms with Crippen molar-refractivity contribution in [2.75, 3.05) is 6.61 Å². The molecule has 1 atom stereocenters. The first-order chi connectivity index (χ1) is 7.31. The predicted molar refractivity (Wildman–Crippen MR) is 48.3 cm³/mol. The van der Waals surface area contributed by atoms with Crippen LogP contribution in [0.4, 0.5) is 0 Å². The van der Waals surface area contributed by atoms with Crippen molar-refractivity contribution in [3.8, 4) is 11.6 Å². The average Bonchev–Trinajstić information content (AvgIpc) is 2.89. The molecular weight excluding hydrogens is 200 g/mol. The number of aliphatic hydroxyl groups excluding tert-OH is 1. The van der Waals surface area contributed by atoms with Crippen molar-refractivity contribution in [3.05, 3.63) is 12.2 Å². The molecule has 2 rings (SSSR count). The fourth-order valence-corrected chi connectivity index (χ4v) is 1.06. The summed E-state index contributed by atoms with van der Waals surface area (Å²) in [5.74, 6) is 0.993. The maximum atomic E-state index is 8.69. The number of nitrogens with zero attached hydrogens (tertiary/aromatic N) is 4. The molecule has 0 aliphatic rings. The normalized spacial score (nSPS) is 12.9. The van der Waals surface area contributed by atoms with Crippen molar-refractivity contribution in [2.45, 2.75) is 12.5 Å². The van der Waals surface area contributed by atoms with E-state index >= 15 is 0 Å². The van der Waals surface area contributed by atoms with Crippen molar-refractivity contribution >= 4 is 0 Å². The summed E-state index contributed by atoms with van der Waals surface area (Å²) in [4.78, 5) is 7.89. The lowest BCUT2D eigenvalue weighted by Gasteiger charge is -2.01. The van der Waals surface area contributed by atoms with E-state index in [4.69, 9.17) is 15.4 Å². The Morgan fingerprint density at radius 3 is 3.13 bits per heavy atom. The first-order valence-corrected chi connectivity index (χ1v) is 4.37. The molecule has 8 nitrogen and oxygen atoms in total. The molecule has 80 valence electrons. The van der Waals surface area contributed by atoms with Gasteiger partial charge in [0.1, 0.15) is 6.33 Å². The molecule has 0 spiro atoms. The lowest BCUT2D eigenvalue weighted by atomic mass is 10.2. The Labute approximate surface area is 84.5 Å². The molecule has 0 bridgehead atoms. The summed E-state index contributed by atoms with van der Waals surface area (Å²) in [5, 5.41) is 18.6. The smallest absolute Gasteiger partial charge is 0.244 e. The van der Waals surface area contributed by atoms with Gasteiger partial charge in [0.15, 0.2) is 5.82 Å². The lowest BCUT2D eigenvalue weighted by Crippen LogP contribution is -2.12. The minimum Gasteiger partial charge on any atom is -0.396 e. The van der Waals surface area contributed by atoms with Crippen molar-refractivity contribution in [1.29, 1.82) is 0 Å². The van der Waals surface area contributed by atoms with Crippen LogP contribution in [0.1, 0.15) is 18.4 Å². The maximum Gasteiger partial charge on any atom is 0.244 e. The zero-order chi connectivity index (χ0) is 10.7. The quantitative estimate of drug-likeness (QED) is 0.605. The topological polar surface area (TPSA) is 127 Å². The molecule has 0 saturated heterocycles. The van der Waals surface area contributed by atoms with Crippen molar-refractivity contribution in [2.24, 2.45) is 5.73 Å². The Balaban J connectivity index is 2.17. The Bertz CT molecular complexity index is 411. The minimum atomic E-state index is -0.459. The number of aromatic nitrogens is 5. The van der Waals surface area contributed by atoms with Crippen LogP contribution in [-0.4, -0.2) is 37.0 Å². The number of nitrogens with one attached hydrogen (secondary N) is 1. The van der Waals surface area contributed by atoms with E-state index in [1.54, 1.807) is 0 Å². The third kappa shape index (κ3) is 2.00. The fourth-order valence-electron chi connectivity index (χ4n) is 1.06. The molecule has 2 aromatic heterocycles. The molecule has 15 heavy (non-hydrogen) atoms. The molecule has 8 heteroatoms. The molecule has 2 aromatic rings. The van der Waals surface area contributed by atoms with Crippen molar-refractivity contribution < 1.29 is 9.63 Å². The van der Waals surface area contributed by atoms with E-state index in [0.717, 1.165) is 0 Å². The third-order valence-corrected chi connectivity index (χ3v) is 1.83. The van der Waals surface area contributed by atoms with Gasteiger partial charge in [0, 0.05) is 6.61 Å². The van der Waals surface area contributed by atoms with Crippen LogP contribution in [0.3, 0.4) is 0 Å². The highest BCUT2D eigenvalue weighted by Crippen LogP contribution is 2.15. The monoisotopic (exact) mass is 210 g/mol. The van der Waals surface area contributed by atoms with Gasteiger partial charge >= 0.3 is 0 Å². The number of nitrogens with two attached hydrogens (primary N) is 1. The van der Waals surface area contributed by atoms with Gasteiger partial charge in [-0.05, 0) is 6.42 Å². The van der Waals surface area contributed by atoms with Gasteiger partial charge in [-0.3, -0.25) is 5.10 Å². The summed E-state index contributed by atoms with van der Waals surface area (Å²) in [6, 6.07) is -0.459. The van der Waals surface area contributed by atoms with Crippen LogP contribution < -0.4 is 5.73 Å². The van der Waals surface area contributed by atoms with E-state index < -0.39 is 6.04 Å². The molecule has 0 radical (unpaired) electrons. The van der Waals surface area contributed by atoms with Crippen LogP contribution in [0.2, 0.25) is 0 Å². The molecule has 0 saturated carbocycles. The molecule has 4 N–H and O–H groups in total. The first kappa shape index (κ1) is 9.74. The molecule has 0 aromatic carbocycles. The SMILES string of the molecule is NC(CCO)c1nc(-c2ncn[nH]2)no1. The van der Waals surface area contributed by atoms with Gasteiger partial charge in [0.25, 0.3) is 0 Å². The van der Waals surface area contributed by atoms with E-state index in [1.165, 1.54) is 6.33 Å². The average molecular weight is 210 g/mol. The molecular formula is C7H10N6O2. The van der Waals surface area contributed by atoms with Crippen molar-refractivity contribution in [3.63, 3.8) is 0 Å². The third-order valence-electron chi connectivity index (χ3n) is 1.83. The van der Waals surface area contributed by atoms with Gasteiger partial charge < -0.3 is 15.4 Å². The van der Waals surface area contributed by atoms with E-state index in [9.17, 15) is 0 Å². The number of rotatable bonds is 4. The minimum absolute atomic E-state index is 0.0266. The summed E-state index contributed by atoms with van der Waals surface area (Å²) in [6.07, 6.45) is 1.72. The highest BCUT2D eigenvalue weighted by atomic mass is 16.5. The summed E-state index contributed by atoms with van der Waals surface area (Å²) in [7, 11) is 0. The summed E-state index contributed by atoms with van der Waals surface area (Å²) >= 11 is 0. The van der Waals surface area contributed by atoms with Crippen LogP contribution in [0, 0.1) is 0 Å². The van der Waals surface area contributed by atoms with Crippen LogP contribution in [0.5, 0.6) is 0 Å². The van der Waals surface area contributed by atoms with Gasteiger partial charge in [0.2, 0.25) is 11.7 Å². The number of aliphatic hydroxyl groups is 1. The number of aromatic amines is 1. The largest absolute Gasteiger partial charge is 0.396 e. The Morgan fingerprint density at radius 1 is 1.60 bits per heavy atom. The van der Waals surface area contributed by atoms with E-state index in [1.807, 2.05) is 0 Å². The van der Waals surface area contributed by atoms with Crippen molar-refractivity contribution in [1.82, 2.24) is 25.3 Å². The van der Waals surface area contributed by atoms with Crippen LogP contribution in [0.25, 0.3) is 11.6 Å². The van der Waals surface area contributed by atoms with Gasteiger partial charge in [-0.25, -0.2) is 4.98 Å². The van der Waals surface area contributed by atoms with Gasteiger partial charge in [0.05, 0.1) is 6.04 Å². The zero-order valence-electron chi connectivity index (χ0n) is 7.79. The number of hydrogen-bond acceptors (Lipinski definition) is 7. The second-order valence-electron chi connectivity index (χ2n) is 2.91. The molecule has 2 heterocycles. The number of H-pyrrole nitrogens is 1. The van der Waals surface area contributed by atoms with Crippen LogP contribution in [0.15, 0.2) is 10.9 Å². The second kappa shape index (κ2) is 4.15. The Hall–Kier alpha value is -1.80. The van der Waals surface area contributed by atoms with Gasteiger partial charge in [-0.2, -0.15) is 10.1 Å². The summed E-state index contributed by atoms with van der Waals surface area (Å²) < 4.78 is 4.92. The molecule has 0 fully saturated rings. The lowest BCUT2D eigenvalue weighted by molar-refractivity contribution is 0.259. The highest BCUT2D eigenvalue weighted by Gasteiger charge is 2.16. The fraction of sp³-hybridized carbons (Fsp3) is 0.429. The van der Waals surface area contributed by atoms with Crippen LogP contribution in [-0.2, 0) is 0 Å². The van der Waals surface area contributed by atoms with E-state index in [0.29, 0.717) is 18.1 Å². The second-order valence-corrected chi connectivity index (χ2v) is 2.91. The molecule has 0 amide bonds.